The standard InChI is InChI=1S/C13H18BrClN2/c1-9-6-7-16-13(12(9)14)17-8-10-4-2-3-5-11(10)15/h6-7,10-11H,2-5,8H2,1H3,(H,16,17). The molecule has 1 aliphatic carbocycles. The Bertz CT molecular complexity index is 384. The zero-order valence-electron chi connectivity index (χ0n) is 10.0. The van der Waals surface area contributed by atoms with E-state index < -0.39 is 0 Å². The van der Waals surface area contributed by atoms with Crippen LogP contribution in [-0.4, -0.2) is 16.9 Å². The van der Waals surface area contributed by atoms with Crippen molar-refractivity contribution in [1.82, 2.24) is 4.98 Å². The van der Waals surface area contributed by atoms with Gasteiger partial charge in [0.1, 0.15) is 5.82 Å². The van der Waals surface area contributed by atoms with Gasteiger partial charge in [0.2, 0.25) is 0 Å². The summed E-state index contributed by atoms with van der Waals surface area (Å²) in [7, 11) is 0. The molecule has 0 aliphatic heterocycles. The first kappa shape index (κ1) is 13.2. The molecule has 94 valence electrons. The molecule has 1 aromatic rings. The van der Waals surface area contributed by atoms with Crippen LogP contribution in [0.1, 0.15) is 31.2 Å². The van der Waals surface area contributed by atoms with Crippen LogP contribution in [0.15, 0.2) is 16.7 Å². The highest BCUT2D eigenvalue weighted by molar-refractivity contribution is 9.10. The number of nitrogens with zero attached hydrogens (tertiary/aromatic N) is 1. The Balaban J connectivity index is 1.95. The molecule has 1 saturated carbocycles. The van der Waals surface area contributed by atoms with Crippen molar-refractivity contribution in [1.29, 1.82) is 0 Å². The number of pyridine rings is 1. The van der Waals surface area contributed by atoms with Gasteiger partial charge < -0.3 is 5.32 Å². The van der Waals surface area contributed by atoms with Crippen molar-refractivity contribution in [3.63, 3.8) is 0 Å². The molecule has 1 N–H and O–H groups in total. The van der Waals surface area contributed by atoms with Gasteiger partial charge >= 0.3 is 0 Å². The summed E-state index contributed by atoms with van der Waals surface area (Å²) < 4.78 is 1.06. The minimum atomic E-state index is 0.319. The maximum Gasteiger partial charge on any atom is 0.140 e. The highest BCUT2D eigenvalue weighted by Gasteiger charge is 2.23. The predicted molar refractivity (Wildman–Crippen MR) is 76.8 cm³/mol. The molecule has 1 aromatic heterocycles. The number of nitrogens with one attached hydrogen (secondary N) is 1. The fraction of sp³-hybridized carbons (Fsp3) is 0.615. The third kappa shape index (κ3) is 3.35. The van der Waals surface area contributed by atoms with Crippen LogP contribution >= 0.6 is 27.5 Å². The van der Waals surface area contributed by atoms with E-state index in [2.05, 4.69) is 33.2 Å². The number of rotatable bonds is 3. The van der Waals surface area contributed by atoms with E-state index in [9.17, 15) is 0 Å². The summed E-state index contributed by atoms with van der Waals surface area (Å²) in [6.07, 6.45) is 6.79. The number of halogens is 2. The van der Waals surface area contributed by atoms with Gasteiger partial charge in [0, 0.05) is 18.1 Å². The average molecular weight is 318 g/mol. The van der Waals surface area contributed by atoms with Gasteiger partial charge in [-0.2, -0.15) is 0 Å². The minimum Gasteiger partial charge on any atom is -0.369 e. The van der Waals surface area contributed by atoms with Crippen LogP contribution in [0.4, 0.5) is 5.82 Å². The smallest absolute Gasteiger partial charge is 0.140 e. The van der Waals surface area contributed by atoms with Crippen LogP contribution in [0.25, 0.3) is 0 Å². The Morgan fingerprint density at radius 3 is 3.00 bits per heavy atom. The lowest BCUT2D eigenvalue weighted by Gasteiger charge is -2.27. The first-order valence-corrected chi connectivity index (χ1v) is 7.40. The molecule has 17 heavy (non-hydrogen) atoms. The number of aryl methyl sites for hydroxylation is 1. The van der Waals surface area contributed by atoms with Gasteiger partial charge in [0.05, 0.1) is 4.47 Å². The largest absolute Gasteiger partial charge is 0.369 e. The van der Waals surface area contributed by atoms with Crippen molar-refractivity contribution >= 4 is 33.3 Å². The van der Waals surface area contributed by atoms with E-state index in [4.69, 9.17) is 11.6 Å². The Kier molecular flexibility index (Phi) is 4.69. The van der Waals surface area contributed by atoms with E-state index in [0.717, 1.165) is 23.3 Å². The predicted octanol–water partition coefficient (Wildman–Crippen LogP) is 4.36. The van der Waals surface area contributed by atoms with E-state index in [-0.39, 0.29) is 0 Å². The van der Waals surface area contributed by atoms with Crippen molar-refractivity contribution < 1.29 is 0 Å². The molecular weight excluding hydrogens is 300 g/mol. The molecule has 0 aromatic carbocycles. The normalized spacial score (nSPS) is 24.6. The third-order valence-electron chi connectivity index (χ3n) is 3.43. The fourth-order valence-corrected chi connectivity index (χ4v) is 3.03. The average Bonchev–Trinajstić information content (AvgIpc) is 2.33. The van der Waals surface area contributed by atoms with Gasteiger partial charge in [-0.3, -0.25) is 0 Å². The van der Waals surface area contributed by atoms with Crippen molar-refractivity contribution in [3.05, 3.63) is 22.3 Å². The molecule has 1 aliphatic rings. The molecule has 0 amide bonds. The summed E-state index contributed by atoms with van der Waals surface area (Å²) >= 11 is 9.91. The van der Waals surface area contributed by atoms with Crippen molar-refractivity contribution in [2.75, 3.05) is 11.9 Å². The quantitative estimate of drug-likeness (QED) is 0.838. The van der Waals surface area contributed by atoms with Crippen LogP contribution in [-0.2, 0) is 0 Å². The van der Waals surface area contributed by atoms with Gasteiger partial charge in [-0.25, -0.2) is 4.98 Å². The number of aromatic nitrogens is 1. The second-order valence-electron chi connectivity index (χ2n) is 4.73. The van der Waals surface area contributed by atoms with Gasteiger partial charge in [-0.05, 0) is 53.2 Å². The molecule has 1 fully saturated rings. The Morgan fingerprint density at radius 2 is 2.24 bits per heavy atom. The van der Waals surface area contributed by atoms with Crippen LogP contribution in [0.5, 0.6) is 0 Å². The summed E-state index contributed by atoms with van der Waals surface area (Å²) in [4.78, 5) is 4.35. The summed E-state index contributed by atoms with van der Waals surface area (Å²) in [5.41, 5.74) is 1.20. The third-order valence-corrected chi connectivity index (χ3v) is 5.01. The van der Waals surface area contributed by atoms with Crippen molar-refractivity contribution in [2.24, 2.45) is 5.92 Å². The molecule has 0 radical (unpaired) electrons. The summed E-state index contributed by atoms with van der Waals surface area (Å²) in [6.45, 7) is 2.99. The topological polar surface area (TPSA) is 24.9 Å². The molecule has 2 rings (SSSR count). The lowest BCUT2D eigenvalue weighted by atomic mass is 9.89. The summed E-state index contributed by atoms with van der Waals surface area (Å²) in [6, 6.07) is 2.00. The first-order chi connectivity index (χ1) is 8.18. The molecule has 2 atom stereocenters. The van der Waals surface area contributed by atoms with E-state index in [1.54, 1.807) is 0 Å². The molecule has 0 bridgehead atoms. The molecular formula is C13H18BrClN2. The second kappa shape index (κ2) is 6.05. The highest BCUT2D eigenvalue weighted by Crippen LogP contribution is 2.30. The van der Waals surface area contributed by atoms with Crippen LogP contribution < -0.4 is 5.32 Å². The van der Waals surface area contributed by atoms with Crippen LogP contribution in [0.2, 0.25) is 0 Å². The zero-order chi connectivity index (χ0) is 12.3. The van der Waals surface area contributed by atoms with Gasteiger partial charge in [0.15, 0.2) is 0 Å². The molecule has 2 nitrogen and oxygen atoms in total. The summed E-state index contributed by atoms with van der Waals surface area (Å²) in [5.74, 6) is 1.50. The molecule has 2 unspecified atom stereocenters. The minimum absolute atomic E-state index is 0.319. The Labute approximate surface area is 116 Å². The lowest BCUT2D eigenvalue weighted by molar-refractivity contribution is 0.380. The van der Waals surface area contributed by atoms with Crippen molar-refractivity contribution in [3.8, 4) is 0 Å². The molecule has 1 heterocycles. The Morgan fingerprint density at radius 1 is 1.47 bits per heavy atom. The van der Waals surface area contributed by atoms with Crippen LogP contribution in [0, 0.1) is 12.8 Å². The Hall–Kier alpha value is -0.280. The van der Waals surface area contributed by atoms with E-state index in [1.807, 2.05) is 12.3 Å². The van der Waals surface area contributed by atoms with E-state index in [1.165, 1.54) is 24.8 Å². The second-order valence-corrected chi connectivity index (χ2v) is 6.09. The molecule has 4 heteroatoms. The monoisotopic (exact) mass is 316 g/mol. The SMILES string of the molecule is Cc1ccnc(NCC2CCCCC2Cl)c1Br. The molecule has 0 saturated heterocycles. The number of hydrogen-bond donors (Lipinski definition) is 1. The molecule has 0 spiro atoms. The number of alkyl halides is 1. The highest BCUT2D eigenvalue weighted by atomic mass is 79.9. The first-order valence-electron chi connectivity index (χ1n) is 6.17. The van der Waals surface area contributed by atoms with Crippen LogP contribution in [0.3, 0.4) is 0 Å². The summed E-state index contributed by atoms with van der Waals surface area (Å²) in [5, 5.41) is 3.73. The van der Waals surface area contributed by atoms with Gasteiger partial charge in [-0.15, -0.1) is 11.6 Å². The van der Waals surface area contributed by atoms with E-state index in [0.29, 0.717) is 11.3 Å². The lowest BCUT2D eigenvalue weighted by Crippen LogP contribution is -2.27. The maximum absolute atomic E-state index is 6.35. The number of anilines is 1. The number of hydrogen-bond acceptors (Lipinski definition) is 2. The van der Waals surface area contributed by atoms with E-state index >= 15 is 0 Å². The fourth-order valence-electron chi connectivity index (χ4n) is 2.28. The maximum atomic E-state index is 6.35. The van der Waals surface area contributed by atoms with Crippen molar-refractivity contribution in [2.45, 2.75) is 38.0 Å². The van der Waals surface area contributed by atoms with Gasteiger partial charge in [-0.1, -0.05) is 12.8 Å². The van der Waals surface area contributed by atoms with Gasteiger partial charge in [0.25, 0.3) is 0 Å². The zero-order valence-corrected chi connectivity index (χ0v) is 12.4.